The van der Waals surface area contributed by atoms with Gasteiger partial charge >= 0.3 is 0 Å². The second-order valence-electron chi connectivity index (χ2n) is 4.07. The fourth-order valence-electron chi connectivity index (χ4n) is 1.48. The van der Waals surface area contributed by atoms with Crippen molar-refractivity contribution in [2.24, 2.45) is 0 Å². The summed E-state index contributed by atoms with van der Waals surface area (Å²) in [6, 6.07) is 7.70. The number of rotatable bonds is 8. The molecule has 0 heterocycles. The second-order valence-corrected chi connectivity index (χ2v) is 5.49. The summed E-state index contributed by atoms with van der Waals surface area (Å²) in [5.41, 5.74) is 0. The van der Waals surface area contributed by atoms with Crippen LogP contribution >= 0.6 is 11.8 Å². The Morgan fingerprint density at radius 2 is 2.00 bits per heavy atom. The van der Waals surface area contributed by atoms with Crippen LogP contribution in [0, 0.1) is 0 Å². The molecule has 0 saturated heterocycles. The highest BCUT2D eigenvalue weighted by Gasteiger charge is 2.13. The van der Waals surface area contributed by atoms with Crippen molar-refractivity contribution in [1.29, 1.82) is 0 Å². The van der Waals surface area contributed by atoms with Crippen LogP contribution < -0.4 is 10.1 Å². The van der Waals surface area contributed by atoms with E-state index in [1.54, 1.807) is 14.2 Å². The Balaban J connectivity index is 2.35. The number of carbonyl (C=O) groups excluding carboxylic acids is 1. The standard InChI is InChI=1S/C14H21NO3S/c1-11(14(16)15-9-4-10-17-2)19-13-7-5-12(18-3)6-8-13/h5-8,11H,4,9-10H2,1-3H3,(H,15,16)/t11-/m0/s1. The van der Waals surface area contributed by atoms with Crippen LogP contribution in [0.15, 0.2) is 29.2 Å². The lowest BCUT2D eigenvalue weighted by Crippen LogP contribution is -2.32. The molecule has 1 aromatic carbocycles. The van der Waals surface area contributed by atoms with Crippen molar-refractivity contribution in [2.45, 2.75) is 23.5 Å². The number of thioether (sulfide) groups is 1. The summed E-state index contributed by atoms with van der Waals surface area (Å²) in [6.07, 6.45) is 0.835. The number of hydrogen-bond acceptors (Lipinski definition) is 4. The lowest BCUT2D eigenvalue weighted by molar-refractivity contribution is -0.120. The Labute approximate surface area is 118 Å². The molecule has 1 rings (SSSR count). The van der Waals surface area contributed by atoms with Crippen molar-refractivity contribution >= 4 is 17.7 Å². The van der Waals surface area contributed by atoms with Gasteiger partial charge in [0.2, 0.25) is 5.91 Å². The van der Waals surface area contributed by atoms with Gasteiger partial charge in [0.05, 0.1) is 12.4 Å². The van der Waals surface area contributed by atoms with Gasteiger partial charge < -0.3 is 14.8 Å². The zero-order chi connectivity index (χ0) is 14.1. The smallest absolute Gasteiger partial charge is 0.233 e. The van der Waals surface area contributed by atoms with Gasteiger partial charge in [0, 0.05) is 25.2 Å². The monoisotopic (exact) mass is 283 g/mol. The number of ether oxygens (including phenoxy) is 2. The number of hydrogen-bond donors (Lipinski definition) is 1. The quantitative estimate of drug-likeness (QED) is 0.587. The fourth-order valence-corrected chi connectivity index (χ4v) is 2.38. The molecule has 0 aliphatic rings. The zero-order valence-corrected chi connectivity index (χ0v) is 12.5. The molecular formula is C14H21NO3S. The zero-order valence-electron chi connectivity index (χ0n) is 11.6. The van der Waals surface area contributed by atoms with Gasteiger partial charge in [0.1, 0.15) is 5.75 Å². The third-order valence-corrected chi connectivity index (χ3v) is 3.68. The molecule has 0 aromatic heterocycles. The number of carbonyl (C=O) groups is 1. The first-order chi connectivity index (χ1) is 9.17. The van der Waals surface area contributed by atoms with Crippen molar-refractivity contribution < 1.29 is 14.3 Å². The van der Waals surface area contributed by atoms with E-state index in [9.17, 15) is 4.79 Å². The molecule has 0 unspecified atom stereocenters. The lowest BCUT2D eigenvalue weighted by Gasteiger charge is -2.12. The van der Waals surface area contributed by atoms with E-state index in [1.807, 2.05) is 31.2 Å². The van der Waals surface area contributed by atoms with E-state index in [-0.39, 0.29) is 11.2 Å². The third-order valence-electron chi connectivity index (χ3n) is 2.57. The van der Waals surface area contributed by atoms with Crippen LogP contribution in [-0.4, -0.2) is 38.5 Å². The maximum Gasteiger partial charge on any atom is 0.233 e. The van der Waals surface area contributed by atoms with Crippen LogP contribution in [0.3, 0.4) is 0 Å². The molecule has 0 aliphatic heterocycles. The fraction of sp³-hybridized carbons (Fsp3) is 0.500. The Kier molecular flexibility index (Phi) is 7.36. The maximum absolute atomic E-state index is 11.8. The Morgan fingerprint density at radius 1 is 1.32 bits per heavy atom. The van der Waals surface area contributed by atoms with E-state index in [1.165, 1.54) is 11.8 Å². The summed E-state index contributed by atoms with van der Waals surface area (Å²) < 4.78 is 10.0. The lowest BCUT2D eigenvalue weighted by atomic mass is 10.3. The summed E-state index contributed by atoms with van der Waals surface area (Å²) in [5, 5.41) is 2.78. The first-order valence-corrected chi connectivity index (χ1v) is 7.12. The molecule has 19 heavy (non-hydrogen) atoms. The first-order valence-electron chi connectivity index (χ1n) is 6.24. The van der Waals surface area contributed by atoms with E-state index in [0.717, 1.165) is 17.1 Å². The molecule has 0 aliphatic carbocycles. The van der Waals surface area contributed by atoms with Crippen LogP contribution in [0.2, 0.25) is 0 Å². The van der Waals surface area contributed by atoms with Gasteiger partial charge in [-0.1, -0.05) is 0 Å². The number of methoxy groups -OCH3 is 2. The molecule has 1 amide bonds. The molecule has 1 N–H and O–H groups in total. The van der Waals surface area contributed by atoms with Gasteiger partial charge in [0.25, 0.3) is 0 Å². The van der Waals surface area contributed by atoms with Crippen LogP contribution in [0.5, 0.6) is 5.75 Å². The normalized spacial score (nSPS) is 11.9. The van der Waals surface area contributed by atoms with E-state index in [0.29, 0.717) is 13.2 Å². The SMILES string of the molecule is COCCCNC(=O)[C@H](C)Sc1ccc(OC)cc1. The maximum atomic E-state index is 11.8. The highest BCUT2D eigenvalue weighted by molar-refractivity contribution is 8.00. The largest absolute Gasteiger partial charge is 0.497 e. The molecule has 0 saturated carbocycles. The van der Waals surface area contributed by atoms with Crippen molar-refractivity contribution in [3.05, 3.63) is 24.3 Å². The average molecular weight is 283 g/mol. The predicted octanol–water partition coefficient (Wildman–Crippen LogP) is 2.33. The van der Waals surface area contributed by atoms with E-state index >= 15 is 0 Å². The van der Waals surface area contributed by atoms with Crippen molar-refractivity contribution in [3.63, 3.8) is 0 Å². The summed E-state index contributed by atoms with van der Waals surface area (Å²) in [5.74, 6) is 0.873. The minimum absolute atomic E-state index is 0.0527. The molecule has 1 atom stereocenters. The van der Waals surface area contributed by atoms with Crippen molar-refractivity contribution in [2.75, 3.05) is 27.4 Å². The van der Waals surface area contributed by atoms with Crippen LogP contribution in [0.4, 0.5) is 0 Å². The molecule has 5 heteroatoms. The summed E-state index contributed by atoms with van der Waals surface area (Å²) in [7, 11) is 3.29. The Morgan fingerprint density at radius 3 is 2.58 bits per heavy atom. The molecule has 1 aromatic rings. The van der Waals surface area contributed by atoms with Gasteiger partial charge in [-0.15, -0.1) is 11.8 Å². The molecule has 106 valence electrons. The number of benzene rings is 1. The number of nitrogens with one attached hydrogen (secondary N) is 1. The Hall–Kier alpha value is -1.20. The third kappa shape index (κ3) is 5.98. The van der Waals surface area contributed by atoms with Crippen LogP contribution in [-0.2, 0) is 9.53 Å². The van der Waals surface area contributed by atoms with Gasteiger partial charge in [0.15, 0.2) is 0 Å². The van der Waals surface area contributed by atoms with E-state index < -0.39 is 0 Å². The molecule has 4 nitrogen and oxygen atoms in total. The topological polar surface area (TPSA) is 47.6 Å². The van der Waals surface area contributed by atoms with Gasteiger partial charge in [-0.2, -0.15) is 0 Å². The van der Waals surface area contributed by atoms with Crippen molar-refractivity contribution in [1.82, 2.24) is 5.32 Å². The van der Waals surface area contributed by atoms with Crippen LogP contribution in [0.25, 0.3) is 0 Å². The van der Waals surface area contributed by atoms with E-state index in [2.05, 4.69) is 5.32 Å². The minimum Gasteiger partial charge on any atom is -0.497 e. The molecule has 0 bridgehead atoms. The highest BCUT2D eigenvalue weighted by atomic mass is 32.2. The average Bonchev–Trinajstić information content (AvgIpc) is 2.44. The van der Waals surface area contributed by atoms with E-state index in [4.69, 9.17) is 9.47 Å². The summed E-state index contributed by atoms with van der Waals surface area (Å²) in [6.45, 7) is 3.22. The van der Waals surface area contributed by atoms with Gasteiger partial charge in [-0.25, -0.2) is 0 Å². The van der Waals surface area contributed by atoms with Gasteiger partial charge in [-0.05, 0) is 37.6 Å². The summed E-state index contributed by atoms with van der Waals surface area (Å²) in [4.78, 5) is 12.9. The minimum atomic E-state index is -0.115. The molecule has 0 spiro atoms. The van der Waals surface area contributed by atoms with Crippen molar-refractivity contribution in [3.8, 4) is 5.75 Å². The summed E-state index contributed by atoms with van der Waals surface area (Å²) >= 11 is 1.54. The second kappa shape index (κ2) is 8.82. The predicted molar refractivity (Wildman–Crippen MR) is 77.8 cm³/mol. The first kappa shape index (κ1) is 15.9. The molecule has 0 radical (unpaired) electrons. The number of amides is 1. The Bertz CT molecular complexity index is 381. The highest BCUT2D eigenvalue weighted by Crippen LogP contribution is 2.25. The van der Waals surface area contributed by atoms with Gasteiger partial charge in [-0.3, -0.25) is 4.79 Å². The molecular weight excluding hydrogens is 262 g/mol. The molecule has 0 fully saturated rings. The van der Waals surface area contributed by atoms with Crippen LogP contribution in [0.1, 0.15) is 13.3 Å².